The van der Waals surface area contributed by atoms with Gasteiger partial charge < -0.3 is 10.6 Å². The Morgan fingerprint density at radius 1 is 0.861 bits per heavy atom. The van der Waals surface area contributed by atoms with Gasteiger partial charge in [0.1, 0.15) is 0 Å². The summed E-state index contributed by atoms with van der Waals surface area (Å²) in [5.41, 5.74) is 6.40. The number of carbonyl (C=O) groups is 1. The molecule has 5 rings (SSSR count). The first-order chi connectivity index (χ1) is 17.6. The highest BCUT2D eigenvalue weighted by atomic mass is 35.5. The lowest BCUT2D eigenvalue weighted by Crippen LogP contribution is -2.22. The molecule has 0 unspecified atom stereocenters. The van der Waals surface area contributed by atoms with Gasteiger partial charge in [-0.1, -0.05) is 90.5 Å². The molecule has 1 heterocycles. The van der Waals surface area contributed by atoms with Gasteiger partial charge >= 0.3 is 0 Å². The van der Waals surface area contributed by atoms with E-state index in [1.54, 1.807) is 0 Å². The SMILES string of the molecule is Cc1ccc(Cl)cc1Nc1nc(-c2cccc(NC(=O)C(c3ccccc3)c3ccccc3)c2)cs1. The number of aryl methyl sites for hydroxylation is 1. The molecule has 0 saturated heterocycles. The van der Waals surface area contributed by atoms with Gasteiger partial charge in [-0.25, -0.2) is 4.98 Å². The van der Waals surface area contributed by atoms with Crippen molar-refractivity contribution in [2.45, 2.75) is 12.8 Å². The largest absolute Gasteiger partial charge is 0.331 e. The zero-order valence-corrected chi connectivity index (χ0v) is 21.2. The summed E-state index contributed by atoms with van der Waals surface area (Å²) in [4.78, 5) is 18.2. The average molecular weight is 510 g/mol. The van der Waals surface area contributed by atoms with E-state index in [0.717, 1.165) is 44.5 Å². The van der Waals surface area contributed by atoms with E-state index in [-0.39, 0.29) is 5.91 Å². The Kier molecular flexibility index (Phi) is 7.12. The fraction of sp³-hybridized carbons (Fsp3) is 0.0667. The van der Waals surface area contributed by atoms with Crippen molar-refractivity contribution < 1.29 is 4.79 Å². The summed E-state index contributed by atoms with van der Waals surface area (Å²) in [5, 5.41) is 9.92. The molecule has 1 amide bonds. The second-order valence-corrected chi connectivity index (χ2v) is 9.74. The molecular formula is C30H24ClN3OS. The lowest BCUT2D eigenvalue weighted by Gasteiger charge is -2.18. The summed E-state index contributed by atoms with van der Waals surface area (Å²) < 4.78 is 0. The fourth-order valence-electron chi connectivity index (χ4n) is 4.06. The van der Waals surface area contributed by atoms with E-state index < -0.39 is 5.92 Å². The van der Waals surface area contributed by atoms with E-state index in [1.165, 1.54) is 11.3 Å². The number of hydrogen-bond donors (Lipinski definition) is 2. The predicted molar refractivity (Wildman–Crippen MR) is 150 cm³/mol. The molecule has 6 heteroatoms. The maximum absolute atomic E-state index is 13.5. The molecule has 0 atom stereocenters. The number of nitrogens with one attached hydrogen (secondary N) is 2. The number of rotatable bonds is 7. The van der Waals surface area contributed by atoms with Gasteiger partial charge in [0.05, 0.1) is 11.6 Å². The topological polar surface area (TPSA) is 54.0 Å². The van der Waals surface area contributed by atoms with Gasteiger partial charge in [0.25, 0.3) is 0 Å². The summed E-state index contributed by atoms with van der Waals surface area (Å²) in [6.07, 6.45) is 0. The van der Waals surface area contributed by atoms with Crippen LogP contribution >= 0.6 is 22.9 Å². The van der Waals surface area contributed by atoms with Crippen molar-refractivity contribution in [1.29, 1.82) is 0 Å². The van der Waals surface area contributed by atoms with E-state index in [9.17, 15) is 4.79 Å². The van der Waals surface area contributed by atoms with Crippen LogP contribution in [0.2, 0.25) is 5.02 Å². The van der Waals surface area contributed by atoms with Crippen LogP contribution in [0.4, 0.5) is 16.5 Å². The van der Waals surface area contributed by atoms with Gasteiger partial charge in [0.15, 0.2) is 5.13 Å². The highest BCUT2D eigenvalue weighted by Gasteiger charge is 2.22. The summed E-state index contributed by atoms with van der Waals surface area (Å²) in [6, 6.07) is 33.2. The van der Waals surface area contributed by atoms with Gasteiger partial charge in [0, 0.05) is 27.3 Å². The molecule has 0 saturated carbocycles. The summed E-state index contributed by atoms with van der Waals surface area (Å²) >= 11 is 7.67. The first-order valence-corrected chi connectivity index (χ1v) is 12.8. The van der Waals surface area contributed by atoms with Crippen molar-refractivity contribution in [2.75, 3.05) is 10.6 Å². The molecule has 0 aliphatic rings. The van der Waals surface area contributed by atoms with Gasteiger partial charge in [-0.15, -0.1) is 11.3 Å². The molecular weight excluding hydrogens is 486 g/mol. The van der Waals surface area contributed by atoms with E-state index in [0.29, 0.717) is 5.02 Å². The highest BCUT2D eigenvalue weighted by molar-refractivity contribution is 7.14. The van der Waals surface area contributed by atoms with E-state index in [2.05, 4.69) is 10.6 Å². The quantitative estimate of drug-likeness (QED) is 0.232. The molecule has 0 aliphatic carbocycles. The molecule has 1 aromatic heterocycles. The van der Waals surface area contributed by atoms with Crippen molar-refractivity contribution in [3.05, 3.63) is 130 Å². The molecule has 4 nitrogen and oxygen atoms in total. The minimum absolute atomic E-state index is 0.0818. The Morgan fingerprint density at radius 2 is 1.56 bits per heavy atom. The van der Waals surface area contributed by atoms with Crippen LogP contribution < -0.4 is 10.6 Å². The van der Waals surface area contributed by atoms with Crippen LogP contribution in [-0.2, 0) is 4.79 Å². The molecule has 0 aliphatic heterocycles. The minimum atomic E-state index is -0.410. The zero-order valence-electron chi connectivity index (χ0n) is 19.6. The molecule has 5 aromatic rings. The van der Waals surface area contributed by atoms with E-state index in [4.69, 9.17) is 16.6 Å². The van der Waals surface area contributed by atoms with Crippen molar-refractivity contribution in [3.63, 3.8) is 0 Å². The lowest BCUT2D eigenvalue weighted by molar-refractivity contribution is -0.116. The third kappa shape index (κ3) is 5.48. The normalized spacial score (nSPS) is 10.9. The zero-order chi connectivity index (χ0) is 24.9. The number of anilines is 3. The molecule has 178 valence electrons. The molecule has 0 fully saturated rings. The average Bonchev–Trinajstić information content (AvgIpc) is 3.36. The number of carbonyl (C=O) groups excluding carboxylic acids is 1. The summed E-state index contributed by atoms with van der Waals surface area (Å²) in [5.74, 6) is -0.492. The molecule has 0 spiro atoms. The van der Waals surface area contributed by atoms with Gasteiger partial charge in [0.2, 0.25) is 5.91 Å². The van der Waals surface area contributed by atoms with Gasteiger partial charge in [-0.3, -0.25) is 4.79 Å². The molecule has 36 heavy (non-hydrogen) atoms. The second kappa shape index (κ2) is 10.8. The first kappa shape index (κ1) is 23.8. The van der Waals surface area contributed by atoms with Gasteiger partial charge in [-0.2, -0.15) is 0 Å². The first-order valence-electron chi connectivity index (χ1n) is 11.6. The smallest absolute Gasteiger partial charge is 0.236 e. The predicted octanol–water partition coefficient (Wildman–Crippen LogP) is 8.29. The minimum Gasteiger partial charge on any atom is -0.331 e. The van der Waals surface area contributed by atoms with Crippen molar-refractivity contribution in [2.24, 2.45) is 0 Å². The van der Waals surface area contributed by atoms with Crippen molar-refractivity contribution in [1.82, 2.24) is 4.98 Å². The number of aromatic nitrogens is 1. The molecule has 4 aromatic carbocycles. The number of benzene rings is 4. The summed E-state index contributed by atoms with van der Waals surface area (Å²) in [7, 11) is 0. The van der Waals surface area contributed by atoms with Crippen LogP contribution in [0.1, 0.15) is 22.6 Å². The molecule has 2 N–H and O–H groups in total. The number of nitrogens with zero attached hydrogens (tertiary/aromatic N) is 1. The standard InChI is InChI=1S/C30H24ClN3OS/c1-20-15-16-24(31)18-26(20)33-30-34-27(19-36-30)23-13-8-14-25(17-23)32-29(35)28(21-9-4-2-5-10-21)22-11-6-3-7-12-22/h2-19,28H,1H3,(H,32,35)(H,33,34). The van der Waals surface area contributed by atoms with Crippen LogP contribution in [0.25, 0.3) is 11.3 Å². The van der Waals surface area contributed by atoms with Crippen LogP contribution in [0.15, 0.2) is 109 Å². The number of halogens is 1. The Balaban J connectivity index is 1.37. The van der Waals surface area contributed by atoms with Crippen LogP contribution in [0.5, 0.6) is 0 Å². The maximum Gasteiger partial charge on any atom is 0.236 e. The fourth-order valence-corrected chi connectivity index (χ4v) is 4.97. The monoisotopic (exact) mass is 509 g/mol. The van der Waals surface area contributed by atoms with Gasteiger partial charge in [-0.05, 0) is 47.9 Å². The molecule has 0 bridgehead atoms. The third-order valence-corrected chi connectivity index (χ3v) is 6.89. The lowest BCUT2D eigenvalue weighted by atomic mass is 9.90. The maximum atomic E-state index is 13.5. The van der Waals surface area contributed by atoms with E-state index in [1.807, 2.05) is 115 Å². The van der Waals surface area contributed by atoms with Crippen LogP contribution in [0, 0.1) is 6.92 Å². The number of amides is 1. The van der Waals surface area contributed by atoms with Crippen molar-refractivity contribution >= 4 is 45.4 Å². The van der Waals surface area contributed by atoms with Crippen LogP contribution in [0.3, 0.4) is 0 Å². The Morgan fingerprint density at radius 3 is 2.25 bits per heavy atom. The number of thiazole rings is 1. The number of hydrogen-bond acceptors (Lipinski definition) is 4. The highest BCUT2D eigenvalue weighted by Crippen LogP contribution is 2.31. The van der Waals surface area contributed by atoms with Crippen molar-refractivity contribution in [3.8, 4) is 11.3 Å². The summed E-state index contributed by atoms with van der Waals surface area (Å²) in [6.45, 7) is 2.03. The third-order valence-electron chi connectivity index (χ3n) is 5.90. The Labute approximate surface area is 219 Å². The van der Waals surface area contributed by atoms with Crippen LogP contribution in [-0.4, -0.2) is 10.9 Å². The second-order valence-electron chi connectivity index (χ2n) is 8.45. The Hall–Kier alpha value is -3.93. The Bertz CT molecular complexity index is 1450. The molecule has 0 radical (unpaired) electrons. The van der Waals surface area contributed by atoms with E-state index >= 15 is 0 Å².